The van der Waals surface area contributed by atoms with Gasteiger partial charge in [-0.3, -0.25) is 4.68 Å². The molecule has 1 atom stereocenters. The highest BCUT2D eigenvalue weighted by molar-refractivity contribution is 5.41. The van der Waals surface area contributed by atoms with E-state index in [2.05, 4.69) is 32.2 Å². The molecule has 3 rings (SSSR count). The summed E-state index contributed by atoms with van der Waals surface area (Å²) in [5.74, 6) is 2.62. The largest absolute Gasteiger partial charge is 0.356 e. The Kier molecular flexibility index (Phi) is 3.42. The molecule has 0 radical (unpaired) electrons. The summed E-state index contributed by atoms with van der Waals surface area (Å²) in [6, 6.07) is 2.08. The van der Waals surface area contributed by atoms with Crippen LogP contribution in [-0.2, 0) is 13.5 Å². The van der Waals surface area contributed by atoms with Crippen molar-refractivity contribution in [1.29, 1.82) is 0 Å². The molecular weight excluding hydrogens is 250 g/mol. The van der Waals surface area contributed by atoms with Gasteiger partial charge in [0, 0.05) is 38.1 Å². The van der Waals surface area contributed by atoms with Gasteiger partial charge in [0.1, 0.15) is 11.6 Å². The third-order valence-corrected chi connectivity index (χ3v) is 3.85. The van der Waals surface area contributed by atoms with Gasteiger partial charge in [-0.15, -0.1) is 0 Å². The van der Waals surface area contributed by atoms with Crippen molar-refractivity contribution in [1.82, 2.24) is 19.7 Å². The molecule has 1 saturated heterocycles. The Balaban J connectivity index is 1.67. The van der Waals surface area contributed by atoms with Crippen LogP contribution in [0.1, 0.15) is 23.5 Å². The van der Waals surface area contributed by atoms with Crippen LogP contribution in [0, 0.1) is 19.8 Å². The monoisotopic (exact) mass is 271 g/mol. The van der Waals surface area contributed by atoms with Crippen LogP contribution in [0.25, 0.3) is 0 Å². The minimum atomic E-state index is 0.690. The second-order valence-corrected chi connectivity index (χ2v) is 5.74. The average Bonchev–Trinajstić information content (AvgIpc) is 2.98. The minimum Gasteiger partial charge on any atom is -0.356 e. The van der Waals surface area contributed by atoms with Gasteiger partial charge in [0.2, 0.25) is 0 Å². The molecule has 0 saturated carbocycles. The van der Waals surface area contributed by atoms with Crippen LogP contribution >= 0.6 is 0 Å². The highest BCUT2D eigenvalue weighted by Gasteiger charge is 2.24. The SMILES string of the molecule is Cc1cc(N2CCC(Cc3cnn(C)c3)C2)nc(C)n1. The van der Waals surface area contributed by atoms with Gasteiger partial charge in [-0.25, -0.2) is 9.97 Å². The van der Waals surface area contributed by atoms with E-state index in [-0.39, 0.29) is 0 Å². The van der Waals surface area contributed by atoms with E-state index >= 15 is 0 Å². The van der Waals surface area contributed by atoms with E-state index in [9.17, 15) is 0 Å². The van der Waals surface area contributed by atoms with Crippen LogP contribution in [0.3, 0.4) is 0 Å². The molecule has 1 aliphatic heterocycles. The quantitative estimate of drug-likeness (QED) is 0.855. The van der Waals surface area contributed by atoms with Gasteiger partial charge < -0.3 is 4.90 Å². The zero-order valence-corrected chi connectivity index (χ0v) is 12.4. The molecule has 0 amide bonds. The van der Waals surface area contributed by atoms with E-state index in [4.69, 9.17) is 0 Å². The highest BCUT2D eigenvalue weighted by Crippen LogP contribution is 2.25. The molecule has 2 aromatic heterocycles. The first-order valence-electron chi connectivity index (χ1n) is 7.15. The molecule has 1 aliphatic rings. The van der Waals surface area contributed by atoms with E-state index in [1.54, 1.807) is 0 Å². The first-order chi connectivity index (χ1) is 9.60. The molecule has 20 heavy (non-hydrogen) atoms. The lowest BCUT2D eigenvalue weighted by molar-refractivity contribution is 0.585. The smallest absolute Gasteiger partial charge is 0.132 e. The van der Waals surface area contributed by atoms with Crippen molar-refractivity contribution in [3.63, 3.8) is 0 Å². The molecule has 2 aromatic rings. The molecule has 1 fully saturated rings. The van der Waals surface area contributed by atoms with Crippen LogP contribution in [0.2, 0.25) is 0 Å². The molecule has 0 aliphatic carbocycles. The fourth-order valence-electron chi connectivity index (χ4n) is 2.98. The minimum absolute atomic E-state index is 0.690. The number of rotatable bonds is 3. The van der Waals surface area contributed by atoms with Gasteiger partial charge in [0.05, 0.1) is 6.20 Å². The Hall–Kier alpha value is -1.91. The molecule has 3 heterocycles. The third kappa shape index (κ3) is 2.81. The molecule has 106 valence electrons. The van der Waals surface area contributed by atoms with Crippen molar-refractivity contribution >= 4 is 5.82 Å². The van der Waals surface area contributed by atoms with E-state index in [0.29, 0.717) is 5.92 Å². The Morgan fingerprint density at radius 2 is 2.15 bits per heavy atom. The number of anilines is 1. The van der Waals surface area contributed by atoms with E-state index in [0.717, 1.165) is 36.8 Å². The van der Waals surface area contributed by atoms with Crippen LogP contribution in [0.15, 0.2) is 18.5 Å². The summed E-state index contributed by atoms with van der Waals surface area (Å²) in [6.07, 6.45) is 6.41. The summed E-state index contributed by atoms with van der Waals surface area (Å²) < 4.78 is 1.87. The number of hydrogen-bond donors (Lipinski definition) is 0. The maximum absolute atomic E-state index is 4.56. The highest BCUT2D eigenvalue weighted by atomic mass is 15.2. The Labute approximate surface area is 119 Å². The zero-order valence-electron chi connectivity index (χ0n) is 12.4. The fraction of sp³-hybridized carbons (Fsp3) is 0.533. The molecular formula is C15H21N5. The lowest BCUT2D eigenvalue weighted by atomic mass is 10.0. The molecule has 0 aromatic carbocycles. The molecule has 5 nitrogen and oxygen atoms in total. The standard InChI is InChI=1S/C15H21N5/c1-11-6-15(18-12(2)17-11)20-5-4-13(10-20)7-14-8-16-19(3)9-14/h6,8-9,13H,4-5,7,10H2,1-3H3. The molecule has 1 unspecified atom stereocenters. The van der Waals surface area contributed by atoms with Crippen LogP contribution < -0.4 is 4.90 Å². The Morgan fingerprint density at radius 3 is 2.85 bits per heavy atom. The van der Waals surface area contributed by atoms with Crippen LogP contribution in [-0.4, -0.2) is 32.8 Å². The van der Waals surface area contributed by atoms with Gasteiger partial charge in [-0.05, 0) is 38.2 Å². The third-order valence-electron chi connectivity index (χ3n) is 3.85. The second kappa shape index (κ2) is 5.23. The summed E-state index contributed by atoms with van der Waals surface area (Å²) >= 11 is 0. The molecule has 5 heteroatoms. The number of aryl methyl sites for hydroxylation is 3. The van der Waals surface area contributed by atoms with Crippen molar-refractivity contribution in [2.75, 3.05) is 18.0 Å². The Bertz CT molecular complexity index is 584. The van der Waals surface area contributed by atoms with Gasteiger partial charge in [0.25, 0.3) is 0 Å². The first-order valence-corrected chi connectivity index (χ1v) is 7.15. The lowest BCUT2D eigenvalue weighted by Gasteiger charge is -2.18. The number of hydrogen-bond acceptors (Lipinski definition) is 4. The first kappa shape index (κ1) is 13.1. The molecule has 0 N–H and O–H groups in total. The number of aromatic nitrogens is 4. The van der Waals surface area contributed by atoms with Gasteiger partial charge in [-0.2, -0.15) is 5.10 Å². The fourth-order valence-corrected chi connectivity index (χ4v) is 2.98. The number of nitrogens with zero attached hydrogens (tertiary/aromatic N) is 5. The lowest BCUT2D eigenvalue weighted by Crippen LogP contribution is -2.22. The van der Waals surface area contributed by atoms with Crippen LogP contribution in [0.4, 0.5) is 5.82 Å². The summed E-state index contributed by atoms with van der Waals surface area (Å²) in [5, 5.41) is 4.24. The van der Waals surface area contributed by atoms with E-state index in [1.807, 2.05) is 31.8 Å². The predicted octanol–water partition coefficient (Wildman–Crippen LogP) is 1.90. The maximum atomic E-state index is 4.56. The van der Waals surface area contributed by atoms with Crippen molar-refractivity contribution in [3.05, 3.63) is 35.5 Å². The van der Waals surface area contributed by atoms with Crippen molar-refractivity contribution in [2.24, 2.45) is 13.0 Å². The average molecular weight is 271 g/mol. The van der Waals surface area contributed by atoms with Crippen molar-refractivity contribution in [3.8, 4) is 0 Å². The normalized spacial score (nSPS) is 18.8. The summed E-state index contributed by atoms with van der Waals surface area (Å²) in [7, 11) is 1.97. The second-order valence-electron chi connectivity index (χ2n) is 5.74. The van der Waals surface area contributed by atoms with Gasteiger partial charge in [0.15, 0.2) is 0 Å². The van der Waals surface area contributed by atoms with Crippen molar-refractivity contribution in [2.45, 2.75) is 26.7 Å². The van der Waals surface area contributed by atoms with E-state index in [1.165, 1.54) is 12.0 Å². The van der Waals surface area contributed by atoms with E-state index < -0.39 is 0 Å². The van der Waals surface area contributed by atoms with Crippen LogP contribution in [0.5, 0.6) is 0 Å². The van der Waals surface area contributed by atoms with Gasteiger partial charge in [-0.1, -0.05) is 0 Å². The zero-order chi connectivity index (χ0) is 14.1. The summed E-state index contributed by atoms with van der Waals surface area (Å²) in [5.41, 5.74) is 2.37. The van der Waals surface area contributed by atoms with Crippen molar-refractivity contribution < 1.29 is 0 Å². The summed E-state index contributed by atoms with van der Waals surface area (Å²) in [6.45, 7) is 6.15. The maximum Gasteiger partial charge on any atom is 0.132 e. The topological polar surface area (TPSA) is 46.8 Å². The molecule has 0 spiro atoms. The molecule has 0 bridgehead atoms. The van der Waals surface area contributed by atoms with Gasteiger partial charge >= 0.3 is 0 Å². The summed E-state index contributed by atoms with van der Waals surface area (Å²) in [4.78, 5) is 11.3. The Morgan fingerprint density at radius 1 is 1.30 bits per heavy atom. The predicted molar refractivity (Wildman–Crippen MR) is 78.7 cm³/mol.